The highest BCUT2D eigenvalue weighted by Crippen LogP contribution is 2.61. The molecule has 7 nitrogen and oxygen atoms in total. The van der Waals surface area contributed by atoms with E-state index in [9.17, 15) is 9.90 Å². The predicted octanol–water partition coefficient (Wildman–Crippen LogP) is 3.18. The van der Waals surface area contributed by atoms with Crippen LogP contribution in [0.1, 0.15) is 45.4 Å². The zero-order chi connectivity index (χ0) is 20.0. The molecule has 8 heteroatoms. The summed E-state index contributed by atoms with van der Waals surface area (Å²) in [6, 6.07) is 6.88. The standard InChI is InChI=1S/C21H27N5O2S/c1-13(21-9-14-6-15(10-21)8-16(7-14)11-21)22-19(28)12-29-20-23-24-25-26(20)17-2-4-18(27)5-3-17/h2-5,13-16,27H,6-12H2,1H3,(H,22,28)/t13-,14?,15?,16?,21?/m1/s1. The summed E-state index contributed by atoms with van der Waals surface area (Å²) in [4.78, 5) is 12.7. The van der Waals surface area contributed by atoms with E-state index in [0.29, 0.717) is 10.6 Å². The summed E-state index contributed by atoms with van der Waals surface area (Å²) in [5.74, 6) is 3.15. The minimum Gasteiger partial charge on any atom is -0.508 e. The molecule has 0 radical (unpaired) electrons. The van der Waals surface area contributed by atoms with Gasteiger partial charge in [-0.1, -0.05) is 11.8 Å². The van der Waals surface area contributed by atoms with Gasteiger partial charge in [-0.25, -0.2) is 0 Å². The van der Waals surface area contributed by atoms with E-state index in [-0.39, 0.29) is 23.5 Å². The molecule has 2 aromatic rings. The summed E-state index contributed by atoms with van der Waals surface area (Å²) in [6.45, 7) is 2.20. The lowest BCUT2D eigenvalue weighted by Crippen LogP contribution is -2.56. The maximum Gasteiger partial charge on any atom is 0.230 e. The molecule has 4 saturated carbocycles. The highest BCUT2D eigenvalue weighted by atomic mass is 32.2. The van der Waals surface area contributed by atoms with Crippen LogP contribution in [0.4, 0.5) is 0 Å². The molecule has 1 heterocycles. The van der Waals surface area contributed by atoms with Crippen molar-refractivity contribution >= 4 is 17.7 Å². The number of nitrogens with one attached hydrogen (secondary N) is 1. The van der Waals surface area contributed by atoms with Crippen LogP contribution in [0, 0.1) is 23.2 Å². The zero-order valence-corrected chi connectivity index (χ0v) is 17.4. The second kappa shape index (κ2) is 7.31. The molecule has 4 aliphatic rings. The third-order valence-electron chi connectivity index (χ3n) is 7.25. The molecule has 0 unspecified atom stereocenters. The van der Waals surface area contributed by atoms with Gasteiger partial charge in [0.2, 0.25) is 11.1 Å². The van der Waals surface area contributed by atoms with Crippen molar-refractivity contribution in [3.63, 3.8) is 0 Å². The molecule has 0 saturated heterocycles. The Kier molecular flexibility index (Phi) is 4.76. The van der Waals surface area contributed by atoms with E-state index >= 15 is 0 Å². The number of rotatable bonds is 6. The molecule has 6 rings (SSSR count). The van der Waals surface area contributed by atoms with Crippen LogP contribution in [0.3, 0.4) is 0 Å². The first-order valence-electron chi connectivity index (χ1n) is 10.5. The lowest BCUT2D eigenvalue weighted by molar-refractivity contribution is -0.123. The van der Waals surface area contributed by atoms with Crippen LogP contribution in [0.5, 0.6) is 5.75 Å². The molecule has 1 amide bonds. The number of carbonyl (C=O) groups is 1. The van der Waals surface area contributed by atoms with Crippen LogP contribution in [0.15, 0.2) is 29.4 Å². The largest absolute Gasteiger partial charge is 0.508 e. The summed E-state index contributed by atoms with van der Waals surface area (Å²) >= 11 is 1.33. The molecule has 0 spiro atoms. The SMILES string of the molecule is C[C@@H](NC(=O)CSc1nnnn1-c1ccc(O)cc1)C12CC3CC(CC(C3)C1)C2. The van der Waals surface area contributed by atoms with E-state index in [1.165, 1.54) is 50.3 Å². The van der Waals surface area contributed by atoms with E-state index in [4.69, 9.17) is 0 Å². The number of aromatic nitrogens is 4. The molecule has 1 atom stereocenters. The quantitative estimate of drug-likeness (QED) is 0.707. The van der Waals surface area contributed by atoms with Gasteiger partial charge in [-0.2, -0.15) is 4.68 Å². The van der Waals surface area contributed by atoms with Gasteiger partial charge in [0.1, 0.15) is 5.75 Å². The van der Waals surface area contributed by atoms with Crippen molar-refractivity contribution in [1.29, 1.82) is 0 Å². The van der Waals surface area contributed by atoms with Gasteiger partial charge in [-0.15, -0.1) is 5.10 Å². The van der Waals surface area contributed by atoms with Gasteiger partial charge in [0.05, 0.1) is 11.4 Å². The number of nitrogens with zero attached hydrogens (tertiary/aromatic N) is 4. The maximum atomic E-state index is 12.7. The van der Waals surface area contributed by atoms with E-state index in [0.717, 1.165) is 23.4 Å². The monoisotopic (exact) mass is 413 g/mol. The Morgan fingerprint density at radius 2 is 1.83 bits per heavy atom. The number of amides is 1. The summed E-state index contributed by atoms with van der Waals surface area (Å²) in [6.07, 6.45) is 8.09. The fourth-order valence-electron chi connectivity index (χ4n) is 6.30. The van der Waals surface area contributed by atoms with Crippen LogP contribution in [0.25, 0.3) is 5.69 Å². The number of thioether (sulfide) groups is 1. The first kappa shape index (κ1) is 18.9. The highest BCUT2D eigenvalue weighted by Gasteiger charge is 2.53. The topological polar surface area (TPSA) is 92.9 Å². The number of hydrogen-bond acceptors (Lipinski definition) is 6. The fraction of sp³-hybridized carbons (Fsp3) is 0.619. The minimum atomic E-state index is 0.0403. The number of tetrazole rings is 1. The van der Waals surface area contributed by atoms with E-state index in [2.05, 4.69) is 27.8 Å². The normalized spacial score (nSPS) is 31.0. The number of hydrogen-bond donors (Lipinski definition) is 2. The molecular formula is C21H27N5O2S. The molecule has 1 aromatic heterocycles. The summed E-state index contributed by atoms with van der Waals surface area (Å²) in [7, 11) is 0. The van der Waals surface area contributed by atoms with Crippen molar-refractivity contribution in [3.8, 4) is 11.4 Å². The van der Waals surface area contributed by atoms with Crippen molar-refractivity contribution in [2.24, 2.45) is 23.2 Å². The molecule has 1 aromatic carbocycles. The first-order chi connectivity index (χ1) is 14.0. The minimum absolute atomic E-state index is 0.0403. The average Bonchev–Trinajstić information content (AvgIpc) is 3.14. The smallest absolute Gasteiger partial charge is 0.230 e. The Bertz CT molecular complexity index is 861. The Balaban J connectivity index is 1.20. The fourth-order valence-corrected chi connectivity index (χ4v) is 7.00. The van der Waals surface area contributed by atoms with Crippen molar-refractivity contribution in [3.05, 3.63) is 24.3 Å². The van der Waals surface area contributed by atoms with E-state index < -0.39 is 0 Å². The molecule has 29 heavy (non-hydrogen) atoms. The van der Waals surface area contributed by atoms with Crippen molar-refractivity contribution in [2.45, 2.75) is 56.6 Å². The molecule has 4 fully saturated rings. The summed E-state index contributed by atoms with van der Waals surface area (Å²) < 4.78 is 1.58. The number of carbonyl (C=O) groups excluding carboxylic acids is 1. The number of benzene rings is 1. The summed E-state index contributed by atoms with van der Waals surface area (Å²) in [5.41, 5.74) is 1.06. The lowest BCUT2D eigenvalue weighted by atomic mass is 9.48. The van der Waals surface area contributed by atoms with Gasteiger partial charge in [-0.05, 0) is 103 Å². The third kappa shape index (κ3) is 3.63. The van der Waals surface area contributed by atoms with Crippen molar-refractivity contribution in [1.82, 2.24) is 25.5 Å². The van der Waals surface area contributed by atoms with Gasteiger partial charge < -0.3 is 10.4 Å². The number of phenols is 1. The van der Waals surface area contributed by atoms with Gasteiger partial charge in [-0.3, -0.25) is 4.79 Å². The Morgan fingerprint density at radius 3 is 2.45 bits per heavy atom. The van der Waals surface area contributed by atoms with Crippen molar-refractivity contribution in [2.75, 3.05) is 5.75 Å². The average molecular weight is 414 g/mol. The maximum absolute atomic E-state index is 12.7. The van der Waals surface area contributed by atoms with E-state index in [1.54, 1.807) is 28.9 Å². The molecule has 4 aliphatic carbocycles. The molecular weight excluding hydrogens is 386 g/mol. The van der Waals surface area contributed by atoms with Crippen LogP contribution in [-0.4, -0.2) is 43.0 Å². The van der Waals surface area contributed by atoms with Gasteiger partial charge in [0.15, 0.2) is 0 Å². The Morgan fingerprint density at radius 1 is 1.21 bits per heavy atom. The van der Waals surface area contributed by atoms with Crippen LogP contribution < -0.4 is 5.32 Å². The Hall–Kier alpha value is -2.09. The lowest BCUT2D eigenvalue weighted by Gasteiger charge is -2.59. The summed E-state index contributed by atoms with van der Waals surface area (Å²) in [5, 5.41) is 25.1. The molecule has 154 valence electrons. The molecule has 0 aliphatic heterocycles. The van der Waals surface area contributed by atoms with Gasteiger partial charge >= 0.3 is 0 Å². The molecule has 4 bridgehead atoms. The number of aromatic hydroxyl groups is 1. The predicted molar refractivity (Wildman–Crippen MR) is 110 cm³/mol. The van der Waals surface area contributed by atoms with Crippen LogP contribution >= 0.6 is 11.8 Å². The molecule has 2 N–H and O–H groups in total. The van der Waals surface area contributed by atoms with Crippen LogP contribution in [-0.2, 0) is 4.79 Å². The van der Waals surface area contributed by atoms with Gasteiger partial charge in [0, 0.05) is 6.04 Å². The third-order valence-corrected chi connectivity index (χ3v) is 8.17. The number of phenolic OH excluding ortho intramolecular Hbond substituents is 1. The van der Waals surface area contributed by atoms with E-state index in [1.807, 2.05) is 0 Å². The second-order valence-electron chi connectivity index (χ2n) is 9.25. The zero-order valence-electron chi connectivity index (χ0n) is 16.6. The Labute approximate surface area is 174 Å². The van der Waals surface area contributed by atoms with Crippen molar-refractivity contribution < 1.29 is 9.90 Å². The van der Waals surface area contributed by atoms with Crippen LogP contribution in [0.2, 0.25) is 0 Å². The first-order valence-corrected chi connectivity index (χ1v) is 11.5. The highest BCUT2D eigenvalue weighted by molar-refractivity contribution is 7.99. The van der Waals surface area contributed by atoms with Gasteiger partial charge in [0.25, 0.3) is 0 Å². The second-order valence-corrected chi connectivity index (χ2v) is 10.2.